The fraction of sp³-hybridized carbons (Fsp3) is 0.615. The van der Waals surface area contributed by atoms with Crippen molar-refractivity contribution in [3.8, 4) is 6.07 Å². The number of nitriles is 1. The maximum Gasteiger partial charge on any atom is 0.182 e. The first-order valence-corrected chi connectivity index (χ1v) is 6.51. The van der Waals surface area contributed by atoms with Crippen LogP contribution in [0.3, 0.4) is 0 Å². The molecule has 1 aliphatic heterocycles. The molecule has 2 rings (SSSR count). The van der Waals surface area contributed by atoms with Gasteiger partial charge in [-0.3, -0.25) is 4.90 Å². The molecule has 19 heavy (non-hydrogen) atoms. The molecule has 1 aromatic rings. The average Bonchev–Trinajstić information content (AvgIpc) is 2.45. The van der Waals surface area contributed by atoms with Crippen LogP contribution >= 0.6 is 0 Å². The third-order valence-electron chi connectivity index (χ3n) is 3.35. The van der Waals surface area contributed by atoms with E-state index in [0.29, 0.717) is 23.6 Å². The summed E-state index contributed by atoms with van der Waals surface area (Å²) < 4.78 is 5.43. The van der Waals surface area contributed by atoms with Gasteiger partial charge < -0.3 is 10.1 Å². The van der Waals surface area contributed by atoms with Gasteiger partial charge in [-0.1, -0.05) is 0 Å². The molecule has 2 atom stereocenters. The molecule has 1 saturated heterocycles. The Balaban J connectivity index is 1.93. The predicted octanol–water partition coefficient (Wildman–Crippen LogP) is 0.869. The van der Waals surface area contributed by atoms with Crippen molar-refractivity contribution in [2.24, 2.45) is 0 Å². The quantitative estimate of drug-likeness (QED) is 0.867. The summed E-state index contributed by atoms with van der Waals surface area (Å²) in [6.07, 6.45) is 3.11. The van der Waals surface area contributed by atoms with E-state index in [0.717, 1.165) is 26.3 Å². The van der Waals surface area contributed by atoms with Crippen LogP contribution in [0.2, 0.25) is 0 Å². The highest BCUT2D eigenvalue weighted by molar-refractivity contribution is 5.46. The summed E-state index contributed by atoms with van der Waals surface area (Å²) in [7, 11) is 0. The summed E-state index contributed by atoms with van der Waals surface area (Å²) in [5, 5.41) is 12.2. The fourth-order valence-electron chi connectivity index (χ4n) is 2.31. The minimum atomic E-state index is 0.338. The molecular formula is C13H19N5O. The molecule has 1 aromatic heterocycles. The van der Waals surface area contributed by atoms with E-state index in [9.17, 15) is 0 Å². The Kier molecular flexibility index (Phi) is 4.66. The second kappa shape index (κ2) is 6.45. The van der Waals surface area contributed by atoms with Gasteiger partial charge in [-0.15, -0.1) is 0 Å². The highest BCUT2D eigenvalue weighted by atomic mass is 16.5. The molecule has 2 heterocycles. The molecule has 0 unspecified atom stereocenters. The lowest BCUT2D eigenvalue weighted by Gasteiger charge is -2.37. The number of rotatable bonds is 4. The fourth-order valence-corrected chi connectivity index (χ4v) is 2.31. The van der Waals surface area contributed by atoms with Gasteiger partial charge in [0.2, 0.25) is 0 Å². The Hall–Kier alpha value is -1.71. The van der Waals surface area contributed by atoms with Crippen LogP contribution in [0.15, 0.2) is 12.4 Å². The van der Waals surface area contributed by atoms with Gasteiger partial charge in [0.15, 0.2) is 11.5 Å². The van der Waals surface area contributed by atoms with Crippen LogP contribution in [0.5, 0.6) is 0 Å². The monoisotopic (exact) mass is 261 g/mol. The molecule has 0 saturated carbocycles. The van der Waals surface area contributed by atoms with E-state index in [1.807, 2.05) is 6.07 Å². The molecule has 0 bridgehead atoms. The lowest BCUT2D eigenvalue weighted by atomic mass is 10.2. The SMILES string of the molecule is C[C@H](CNc1nccnc1C#N)N1CCOC[C@@H]1C. The van der Waals surface area contributed by atoms with Crippen LogP contribution in [-0.2, 0) is 4.74 Å². The number of aromatic nitrogens is 2. The molecule has 1 aliphatic rings. The van der Waals surface area contributed by atoms with E-state index in [1.165, 1.54) is 6.20 Å². The van der Waals surface area contributed by atoms with Crippen LogP contribution in [0.25, 0.3) is 0 Å². The van der Waals surface area contributed by atoms with Gasteiger partial charge in [-0.2, -0.15) is 5.26 Å². The maximum absolute atomic E-state index is 8.95. The van der Waals surface area contributed by atoms with Gasteiger partial charge in [-0.05, 0) is 13.8 Å². The van der Waals surface area contributed by atoms with Crippen molar-refractivity contribution in [3.63, 3.8) is 0 Å². The van der Waals surface area contributed by atoms with Crippen molar-refractivity contribution in [2.45, 2.75) is 25.9 Å². The van der Waals surface area contributed by atoms with Gasteiger partial charge in [-0.25, -0.2) is 9.97 Å². The first-order valence-electron chi connectivity index (χ1n) is 6.51. The minimum absolute atomic E-state index is 0.338. The van der Waals surface area contributed by atoms with Crippen LogP contribution < -0.4 is 5.32 Å². The minimum Gasteiger partial charge on any atom is -0.379 e. The molecular weight excluding hydrogens is 242 g/mol. The summed E-state index contributed by atoms with van der Waals surface area (Å²) in [6, 6.07) is 2.81. The predicted molar refractivity (Wildman–Crippen MR) is 71.7 cm³/mol. The van der Waals surface area contributed by atoms with Crippen molar-refractivity contribution in [3.05, 3.63) is 18.1 Å². The molecule has 6 heteroatoms. The van der Waals surface area contributed by atoms with E-state index < -0.39 is 0 Å². The normalized spacial score (nSPS) is 21.6. The summed E-state index contributed by atoms with van der Waals surface area (Å²) in [4.78, 5) is 10.5. The molecule has 0 radical (unpaired) electrons. The number of anilines is 1. The lowest BCUT2D eigenvalue weighted by molar-refractivity contribution is -0.0159. The Morgan fingerprint density at radius 2 is 2.37 bits per heavy atom. The number of ether oxygens (including phenoxy) is 1. The average molecular weight is 261 g/mol. The Labute approximate surface area is 113 Å². The molecule has 1 fully saturated rings. The lowest BCUT2D eigenvalue weighted by Crippen LogP contribution is -2.50. The van der Waals surface area contributed by atoms with Crippen LogP contribution in [-0.4, -0.2) is 53.3 Å². The van der Waals surface area contributed by atoms with Gasteiger partial charge in [0.1, 0.15) is 6.07 Å². The molecule has 0 spiro atoms. The number of nitrogens with zero attached hydrogens (tertiary/aromatic N) is 4. The van der Waals surface area contributed by atoms with E-state index in [1.54, 1.807) is 6.20 Å². The Morgan fingerprint density at radius 3 is 3.11 bits per heavy atom. The first-order chi connectivity index (χ1) is 9.22. The Morgan fingerprint density at radius 1 is 1.58 bits per heavy atom. The van der Waals surface area contributed by atoms with E-state index in [4.69, 9.17) is 10.00 Å². The zero-order valence-corrected chi connectivity index (χ0v) is 11.3. The summed E-state index contributed by atoms with van der Waals surface area (Å²) in [5.41, 5.74) is 0.338. The van der Waals surface area contributed by atoms with Gasteiger partial charge >= 0.3 is 0 Å². The first kappa shape index (κ1) is 13.7. The van der Waals surface area contributed by atoms with Crippen LogP contribution in [0.4, 0.5) is 5.82 Å². The van der Waals surface area contributed by atoms with Gasteiger partial charge in [0, 0.05) is 37.6 Å². The zero-order chi connectivity index (χ0) is 13.7. The molecule has 6 nitrogen and oxygen atoms in total. The van der Waals surface area contributed by atoms with Crippen molar-refractivity contribution in [2.75, 3.05) is 31.6 Å². The van der Waals surface area contributed by atoms with E-state index in [2.05, 4.69) is 34.0 Å². The van der Waals surface area contributed by atoms with Crippen molar-refractivity contribution >= 4 is 5.82 Å². The highest BCUT2D eigenvalue weighted by Crippen LogP contribution is 2.12. The summed E-state index contributed by atoms with van der Waals surface area (Å²) >= 11 is 0. The molecule has 102 valence electrons. The Bertz CT molecular complexity index is 459. The van der Waals surface area contributed by atoms with Crippen molar-refractivity contribution in [1.82, 2.24) is 14.9 Å². The maximum atomic E-state index is 8.95. The number of hydrogen-bond donors (Lipinski definition) is 1. The standard InChI is InChI=1S/C13H19N5O/c1-10(18-5-6-19-9-11(18)2)8-17-13-12(7-14)15-3-4-16-13/h3-4,10-11H,5-6,8-9H2,1-2H3,(H,16,17)/t10-,11+/m1/s1. The summed E-state index contributed by atoms with van der Waals surface area (Å²) in [5.74, 6) is 0.553. The third-order valence-corrected chi connectivity index (χ3v) is 3.35. The van der Waals surface area contributed by atoms with Crippen LogP contribution in [0, 0.1) is 11.3 Å². The number of nitrogens with one attached hydrogen (secondary N) is 1. The molecule has 0 aromatic carbocycles. The molecule has 1 N–H and O–H groups in total. The van der Waals surface area contributed by atoms with Crippen LogP contribution in [0.1, 0.15) is 19.5 Å². The summed E-state index contributed by atoms with van der Waals surface area (Å²) in [6.45, 7) is 7.56. The smallest absolute Gasteiger partial charge is 0.182 e. The van der Waals surface area contributed by atoms with Crippen molar-refractivity contribution < 1.29 is 4.74 Å². The van der Waals surface area contributed by atoms with Gasteiger partial charge in [0.25, 0.3) is 0 Å². The van der Waals surface area contributed by atoms with Gasteiger partial charge in [0.05, 0.1) is 13.2 Å². The largest absolute Gasteiger partial charge is 0.379 e. The number of morpholine rings is 1. The molecule has 0 amide bonds. The third kappa shape index (κ3) is 3.40. The van der Waals surface area contributed by atoms with E-state index >= 15 is 0 Å². The topological polar surface area (TPSA) is 74.1 Å². The zero-order valence-electron chi connectivity index (χ0n) is 11.3. The van der Waals surface area contributed by atoms with Crippen molar-refractivity contribution in [1.29, 1.82) is 5.26 Å². The second-order valence-corrected chi connectivity index (χ2v) is 4.76. The second-order valence-electron chi connectivity index (χ2n) is 4.76. The van der Waals surface area contributed by atoms with E-state index in [-0.39, 0.29) is 0 Å². The molecule has 0 aliphatic carbocycles. The number of hydrogen-bond acceptors (Lipinski definition) is 6. The highest BCUT2D eigenvalue weighted by Gasteiger charge is 2.23.